The molecule has 0 saturated carbocycles. The lowest BCUT2D eigenvalue weighted by atomic mass is 9.98. The van der Waals surface area contributed by atoms with E-state index in [1.54, 1.807) is 0 Å². The molecule has 1 aliphatic heterocycles. The molecule has 0 aliphatic carbocycles. The van der Waals surface area contributed by atoms with Crippen molar-refractivity contribution in [3.8, 4) is 0 Å². The Kier molecular flexibility index (Phi) is 6.89. The van der Waals surface area contributed by atoms with Gasteiger partial charge in [0.15, 0.2) is 17.4 Å². The number of likely N-dealkylation sites (tertiary alicyclic amines) is 1. The number of Topliss-reactive ketones (excluding diaryl/α,β-unsaturated/α-hetero) is 1. The van der Waals surface area contributed by atoms with Gasteiger partial charge < -0.3 is 4.90 Å². The van der Waals surface area contributed by atoms with Gasteiger partial charge in [0.2, 0.25) is 5.91 Å². The maximum atomic E-state index is 13.6. The zero-order valence-electron chi connectivity index (χ0n) is 16.9. The van der Waals surface area contributed by atoms with E-state index < -0.39 is 11.6 Å². The summed E-state index contributed by atoms with van der Waals surface area (Å²) >= 11 is 0. The molecule has 0 aromatic heterocycles. The van der Waals surface area contributed by atoms with Crippen LogP contribution < -0.4 is 10.4 Å². The average molecular weight is 439 g/mol. The van der Waals surface area contributed by atoms with Crippen molar-refractivity contribution < 1.29 is 28.7 Å². The number of ketones is 1. The van der Waals surface area contributed by atoms with E-state index in [-0.39, 0.29) is 48.1 Å². The summed E-state index contributed by atoms with van der Waals surface area (Å²) in [6.45, 7) is 3.68. The molecule has 2 aromatic rings. The van der Waals surface area contributed by atoms with Crippen LogP contribution in [0.5, 0.6) is 0 Å². The largest absolute Gasteiger partial charge is 0.334 e. The first-order valence-electron chi connectivity index (χ1n) is 9.59. The summed E-state index contributed by atoms with van der Waals surface area (Å²) in [6.07, 6.45) is 4.35. The van der Waals surface area contributed by atoms with Gasteiger partial charge >= 0.3 is 0 Å². The van der Waals surface area contributed by atoms with Gasteiger partial charge in [0.1, 0.15) is 0 Å². The normalized spacial score (nSPS) is 16.7. The summed E-state index contributed by atoms with van der Waals surface area (Å²) in [5.74, 6) is -2.20. The third kappa shape index (κ3) is 4.94. The zero-order chi connectivity index (χ0) is 23.3. The third-order valence-electron chi connectivity index (χ3n) is 4.96. The molecule has 0 bridgehead atoms. The van der Waals surface area contributed by atoms with Crippen LogP contribution in [0.1, 0.15) is 17.5 Å². The molecule has 2 aromatic carbocycles. The smallest absolute Gasteiger partial charge is 0.289 e. The highest BCUT2D eigenvalue weighted by Gasteiger charge is 2.25. The number of nitrogens with one attached hydrogen (secondary N) is 2. The Balaban J connectivity index is 2.06. The number of nitroso groups, excluding NO2 is 2. The van der Waals surface area contributed by atoms with E-state index in [4.69, 9.17) is 0 Å². The van der Waals surface area contributed by atoms with E-state index in [2.05, 4.69) is 6.58 Å². The molecule has 1 amide bonds. The Morgan fingerprint density at radius 3 is 1.97 bits per heavy atom. The van der Waals surface area contributed by atoms with E-state index in [1.807, 2.05) is 0 Å². The SMILES string of the molecule is C=CC(=O)N1CC/C(=C/c2ccc(F)c([NH+]=O)c2)C(=O)/C(=C\c2ccc(F)c([NH+]=O)c2)C1. The number of amides is 1. The molecule has 0 spiro atoms. The predicted octanol–water partition coefficient (Wildman–Crippen LogP) is 1.38. The van der Waals surface area contributed by atoms with Crippen LogP contribution in [-0.2, 0) is 9.59 Å². The number of benzene rings is 2. The van der Waals surface area contributed by atoms with Gasteiger partial charge in [-0.1, -0.05) is 18.7 Å². The first-order valence-corrected chi connectivity index (χ1v) is 9.59. The Bertz CT molecular complexity index is 1190. The lowest BCUT2D eigenvalue weighted by Gasteiger charge is -2.18. The highest BCUT2D eigenvalue weighted by molar-refractivity contribution is 6.14. The second-order valence-corrected chi connectivity index (χ2v) is 7.06. The van der Waals surface area contributed by atoms with Gasteiger partial charge in [-0.2, -0.15) is 8.78 Å². The minimum absolute atomic E-state index is 0.0185. The van der Waals surface area contributed by atoms with Crippen molar-refractivity contribution in [3.63, 3.8) is 0 Å². The second kappa shape index (κ2) is 9.78. The van der Waals surface area contributed by atoms with E-state index in [1.165, 1.54) is 51.7 Å². The van der Waals surface area contributed by atoms with Crippen LogP contribution in [0.25, 0.3) is 12.2 Å². The van der Waals surface area contributed by atoms with Crippen molar-refractivity contribution in [2.75, 3.05) is 13.1 Å². The van der Waals surface area contributed by atoms with Crippen molar-refractivity contribution in [1.29, 1.82) is 0 Å². The van der Waals surface area contributed by atoms with Crippen LogP contribution in [0.4, 0.5) is 20.2 Å². The quantitative estimate of drug-likeness (QED) is 0.688. The van der Waals surface area contributed by atoms with Crippen LogP contribution in [0.2, 0.25) is 0 Å². The van der Waals surface area contributed by atoms with Gasteiger partial charge in [0, 0.05) is 56.5 Å². The second-order valence-electron chi connectivity index (χ2n) is 7.06. The summed E-state index contributed by atoms with van der Waals surface area (Å²) in [4.78, 5) is 48.7. The summed E-state index contributed by atoms with van der Waals surface area (Å²) in [6, 6.07) is 7.54. The lowest BCUT2D eigenvalue weighted by molar-refractivity contribution is -0.382. The fourth-order valence-electron chi connectivity index (χ4n) is 3.32. The highest BCUT2D eigenvalue weighted by Crippen LogP contribution is 2.24. The van der Waals surface area contributed by atoms with Crippen LogP contribution in [0.15, 0.2) is 60.2 Å². The molecule has 162 valence electrons. The van der Waals surface area contributed by atoms with Crippen molar-refractivity contribution in [2.24, 2.45) is 0 Å². The molecule has 0 radical (unpaired) electrons. The summed E-state index contributed by atoms with van der Waals surface area (Å²) in [5, 5.41) is 3.01. The topological polar surface area (TPSA) is 99.5 Å². The van der Waals surface area contributed by atoms with E-state index in [9.17, 15) is 28.2 Å². The fourth-order valence-corrected chi connectivity index (χ4v) is 3.32. The number of rotatable bonds is 5. The molecule has 32 heavy (non-hydrogen) atoms. The molecule has 3 rings (SSSR count). The summed E-state index contributed by atoms with van der Waals surface area (Å²) in [5.41, 5.74) is 0.846. The van der Waals surface area contributed by atoms with Crippen molar-refractivity contribution >= 4 is 35.2 Å². The summed E-state index contributed by atoms with van der Waals surface area (Å²) in [7, 11) is 0. The average Bonchev–Trinajstić information content (AvgIpc) is 2.95. The molecular formula is C23H19F2N3O4+2. The van der Waals surface area contributed by atoms with Crippen LogP contribution in [0, 0.1) is 21.4 Å². The molecule has 1 heterocycles. The number of carbonyl (C=O) groups is 2. The molecule has 0 unspecified atom stereocenters. The third-order valence-corrected chi connectivity index (χ3v) is 4.96. The maximum absolute atomic E-state index is 13.6. The van der Waals surface area contributed by atoms with Crippen molar-refractivity contribution in [2.45, 2.75) is 6.42 Å². The predicted molar refractivity (Wildman–Crippen MR) is 113 cm³/mol. The van der Waals surface area contributed by atoms with Crippen LogP contribution in [-0.4, -0.2) is 29.7 Å². The molecule has 2 N–H and O–H groups in total. The van der Waals surface area contributed by atoms with Gasteiger partial charge in [-0.15, -0.1) is 0 Å². The minimum atomic E-state index is -0.738. The number of carbonyl (C=O) groups excluding carboxylic acids is 2. The zero-order valence-corrected chi connectivity index (χ0v) is 16.9. The molecular weight excluding hydrogens is 420 g/mol. The number of halogens is 2. The Labute approximate surface area is 181 Å². The molecule has 1 saturated heterocycles. The van der Waals surface area contributed by atoms with E-state index in [0.29, 0.717) is 16.7 Å². The summed E-state index contributed by atoms with van der Waals surface area (Å²) < 4.78 is 27.2. The van der Waals surface area contributed by atoms with Gasteiger partial charge in [0.25, 0.3) is 11.4 Å². The maximum Gasteiger partial charge on any atom is 0.289 e. The fraction of sp³-hybridized carbons (Fsp3) is 0.130. The molecule has 7 nitrogen and oxygen atoms in total. The molecule has 1 fully saturated rings. The molecule has 1 aliphatic rings. The van der Waals surface area contributed by atoms with Crippen LogP contribution >= 0.6 is 0 Å². The first-order chi connectivity index (χ1) is 15.4. The van der Waals surface area contributed by atoms with Gasteiger partial charge in [0.05, 0.1) is 0 Å². The monoisotopic (exact) mass is 439 g/mol. The standard InChI is InChI=1S/C23H17F2N3O4/c1-2-22(29)28-8-7-16(9-14-3-5-18(24)20(11-14)26-31)23(30)17(13-28)10-15-4-6-19(25)21(12-15)27-32/h2-6,9-12H,1,7-8,13H2/p+2/b16-9-,17-10-. The number of hydrogen-bond acceptors (Lipinski definition) is 4. The van der Waals surface area contributed by atoms with E-state index >= 15 is 0 Å². The van der Waals surface area contributed by atoms with Crippen molar-refractivity contribution in [3.05, 3.63) is 92.8 Å². The number of nitrogens with zero attached hydrogens (tertiary/aromatic N) is 1. The minimum Gasteiger partial charge on any atom is -0.334 e. The Morgan fingerprint density at radius 1 is 0.938 bits per heavy atom. The molecule has 0 atom stereocenters. The molecule has 9 heteroatoms. The van der Waals surface area contributed by atoms with Gasteiger partial charge in [-0.25, -0.2) is 0 Å². The first kappa shape index (κ1) is 22.5. The van der Waals surface area contributed by atoms with Gasteiger partial charge in [-0.3, -0.25) is 9.59 Å². The highest BCUT2D eigenvalue weighted by atomic mass is 19.1. The van der Waals surface area contributed by atoms with Crippen LogP contribution in [0.3, 0.4) is 0 Å². The Hall–Kier alpha value is -4.14. The van der Waals surface area contributed by atoms with Crippen molar-refractivity contribution in [1.82, 2.24) is 4.90 Å². The van der Waals surface area contributed by atoms with E-state index in [0.717, 1.165) is 18.2 Å². The Morgan fingerprint density at radius 2 is 1.47 bits per heavy atom. The lowest BCUT2D eigenvalue weighted by Crippen LogP contribution is -2.56. The number of hydrogen-bond donors (Lipinski definition) is 2. The van der Waals surface area contributed by atoms with Gasteiger partial charge in [-0.05, 0) is 47.9 Å².